The number of nitrogens with zero attached hydrogens (tertiary/aromatic N) is 4. The minimum atomic E-state index is -0.281. The van der Waals surface area contributed by atoms with Crippen molar-refractivity contribution in [3.63, 3.8) is 0 Å². The fourth-order valence-corrected chi connectivity index (χ4v) is 2.30. The van der Waals surface area contributed by atoms with Crippen molar-refractivity contribution in [2.45, 2.75) is 25.8 Å². The molecule has 2 unspecified atom stereocenters. The van der Waals surface area contributed by atoms with Gasteiger partial charge in [0.2, 0.25) is 17.8 Å². The Kier molecular flexibility index (Phi) is 4.21. The van der Waals surface area contributed by atoms with Crippen LogP contribution in [0.3, 0.4) is 0 Å². The zero-order chi connectivity index (χ0) is 14.7. The summed E-state index contributed by atoms with van der Waals surface area (Å²) in [5.41, 5.74) is 5.41. The Hall–Kier alpha value is -2.12. The van der Waals surface area contributed by atoms with Crippen LogP contribution in [0.5, 0.6) is 6.01 Å². The Morgan fingerprint density at radius 1 is 1.40 bits per heavy atom. The van der Waals surface area contributed by atoms with E-state index in [1.807, 2.05) is 4.90 Å². The van der Waals surface area contributed by atoms with Crippen LogP contribution in [0.15, 0.2) is 0 Å². The number of amides is 1. The van der Waals surface area contributed by atoms with Gasteiger partial charge in [0.05, 0.1) is 13.0 Å². The summed E-state index contributed by atoms with van der Waals surface area (Å²) in [5.74, 6) is 0.476. The third-order valence-corrected chi connectivity index (χ3v) is 3.55. The molecule has 0 aromatic carbocycles. The molecule has 0 radical (unpaired) electrons. The lowest BCUT2D eigenvalue weighted by molar-refractivity contribution is -0.122. The summed E-state index contributed by atoms with van der Waals surface area (Å²) >= 11 is 0. The van der Waals surface area contributed by atoms with Crippen molar-refractivity contribution in [1.82, 2.24) is 15.0 Å². The summed E-state index contributed by atoms with van der Waals surface area (Å²) in [7, 11) is 3.23. The summed E-state index contributed by atoms with van der Waals surface area (Å²) in [5, 5.41) is 2.87. The first-order valence-corrected chi connectivity index (χ1v) is 6.59. The first-order valence-electron chi connectivity index (χ1n) is 6.59. The van der Waals surface area contributed by atoms with Gasteiger partial charge in [-0.2, -0.15) is 15.0 Å². The van der Waals surface area contributed by atoms with Crippen LogP contribution in [-0.4, -0.2) is 47.6 Å². The van der Waals surface area contributed by atoms with Crippen molar-refractivity contribution in [3.05, 3.63) is 0 Å². The summed E-state index contributed by atoms with van der Waals surface area (Å²) in [4.78, 5) is 26.0. The summed E-state index contributed by atoms with van der Waals surface area (Å²) < 4.78 is 5.08. The van der Waals surface area contributed by atoms with Crippen LogP contribution in [0.2, 0.25) is 0 Å². The molecule has 1 fully saturated rings. The number of carbonyl (C=O) groups is 1. The number of primary amides is 1. The van der Waals surface area contributed by atoms with Crippen LogP contribution >= 0.6 is 0 Å². The second-order valence-electron chi connectivity index (χ2n) is 4.87. The minimum absolute atomic E-state index is 0.174. The molecule has 1 aromatic rings. The van der Waals surface area contributed by atoms with Crippen LogP contribution in [0.25, 0.3) is 0 Å². The van der Waals surface area contributed by atoms with Gasteiger partial charge in [-0.3, -0.25) is 4.79 Å². The van der Waals surface area contributed by atoms with Crippen LogP contribution in [0.4, 0.5) is 11.9 Å². The molecule has 0 saturated carbocycles. The van der Waals surface area contributed by atoms with E-state index in [0.29, 0.717) is 18.4 Å². The second kappa shape index (κ2) is 5.89. The van der Waals surface area contributed by atoms with E-state index in [0.717, 1.165) is 12.8 Å². The molecule has 2 rings (SSSR count). The molecule has 2 atom stereocenters. The second-order valence-corrected chi connectivity index (χ2v) is 4.87. The van der Waals surface area contributed by atoms with E-state index in [4.69, 9.17) is 10.5 Å². The highest BCUT2D eigenvalue weighted by Crippen LogP contribution is 2.26. The topological polar surface area (TPSA) is 106 Å². The molecule has 8 nitrogen and oxygen atoms in total. The van der Waals surface area contributed by atoms with Crippen molar-refractivity contribution in [1.29, 1.82) is 0 Å². The fraction of sp³-hybridized carbons (Fsp3) is 0.667. The normalized spacial score (nSPS) is 22.4. The lowest BCUT2D eigenvalue weighted by Gasteiger charge is -2.36. The molecule has 1 aliphatic heterocycles. The van der Waals surface area contributed by atoms with Crippen LogP contribution < -0.4 is 20.7 Å². The van der Waals surface area contributed by atoms with E-state index < -0.39 is 0 Å². The molecule has 0 bridgehead atoms. The maximum atomic E-state index is 11.4. The number of anilines is 2. The summed E-state index contributed by atoms with van der Waals surface area (Å²) in [6.07, 6.45) is 1.67. The highest BCUT2D eigenvalue weighted by molar-refractivity contribution is 5.77. The Labute approximate surface area is 117 Å². The number of hydrogen-bond acceptors (Lipinski definition) is 7. The number of nitrogens with one attached hydrogen (secondary N) is 1. The average molecular weight is 280 g/mol. The SMILES string of the molecule is CNc1nc(OC)nc(N2CC(C(N)=O)CCC2C)n1. The van der Waals surface area contributed by atoms with E-state index in [1.165, 1.54) is 7.11 Å². The van der Waals surface area contributed by atoms with Crippen molar-refractivity contribution in [2.24, 2.45) is 11.7 Å². The third-order valence-electron chi connectivity index (χ3n) is 3.55. The van der Waals surface area contributed by atoms with Gasteiger partial charge < -0.3 is 20.7 Å². The van der Waals surface area contributed by atoms with Crippen LogP contribution in [0, 0.1) is 5.92 Å². The van der Waals surface area contributed by atoms with E-state index in [1.54, 1.807) is 7.05 Å². The van der Waals surface area contributed by atoms with Gasteiger partial charge >= 0.3 is 6.01 Å². The highest BCUT2D eigenvalue weighted by Gasteiger charge is 2.30. The lowest BCUT2D eigenvalue weighted by atomic mass is 9.93. The van der Waals surface area contributed by atoms with E-state index in [2.05, 4.69) is 27.2 Å². The van der Waals surface area contributed by atoms with Gasteiger partial charge in [0.1, 0.15) is 0 Å². The van der Waals surface area contributed by atoms with Gasteiger partial charge in [-0.15, -0.1) is 0 Å². The Balaban J connectivity index is 2.30. The number of hydrogen-bond donors (Lipinski definition) is 2. The van der Waals surface area contributed by atoms with E-state index >= 15 is 0 Å². The number of carbonyl (C=O) groups excluding carboxylic acids is 1. The molecular weight excluding hydrogens is 260 g/mol. The zero-order valence-corrected chi connectivity index (χ0v) is 12.0. The number of rotatable bonds is 4. The highest BCUT2D eigenvalue weighted by atomic mass is 16.5. The minimum Gasteiger partial charge on any atom is -0.467 e. The molecule has 1 amide bonds. The first-order chi connectivity index (χ1) is 9.55. The maximum absolute atomic E-state index is 11.4. The molecule has 3 N–H and O–H groups in total. The molecule has 20 heavy (non-hydrogen) atoms. The number of ether oxygens (including phenoxy) is 1. The van der Waals surface area contributed by atoms with Crippen LogP contribution in [0.1, 0.15) is 19.8 Å². The molecule has 110 valence electrons. The molecular formula is C12H20N6O2. The third kappa shape index (κ3) is 2.89. The standard InChI is InChI=1S/C12H20N6O2/c1-7-4-5-8(9(13)19)6-18(7)11-15-10(14-2)16-12(17-11)20-3/h7-8H,4-6H2,1-3H3,(H2,13,19)(H,14,15,16,17). The molecule has 2 heterocycles. The number of methoxy groups -OCH3 is 1. The first kappa shape index (κ1) is 14.3. The fourth-order valence-electron chi connectivity index (χ4n) is 2.30. The molecule has 0 aliphatic carbocycles. The Morgan fingerprint density at radius 2 is 2.15 bits per heavy atom. The number of aromatic nitrogens is 3. The van der Waals surface area contributed by atoms with E-state index in [9.17, 15) is 4.79 Å². The van der Waals surface area contributed by atoms with Crippen molar-refractivity contribution < 1.29 is 9.53 Å². The van der Waals surface area contributed by atoms with Gasteiger partial charge in [0.15, 0.2) is 0 Å². The monoisotopic (exact) mass is 280 g/mol. The number of piperidine rings is 1. The molecule has 1 aliphatic rings. The summed E-state index contributed by atoms with van der Waals surface area (Å²) in [6, 6.07) is 0.482. The van der Waals surface area contributed by atoms with Crippen molar-refractivity contribution >= 4 is 17.8 Å². The molecule has 1 aromatic heterocycles. The predicted molar refractivity (Wildman–Crippen MR) is 74.7 cm³/mol. The van der Waals surface area contributed by atoms with Gasteiger partial charge in [0.25, 0.3) is 0 Å². The Bertz CT molecular complexity index is 473. The molecule has 1 saturated heterocycles. The van der Waals surface area contributed by atoms with Gasteiger partial charge in [0, 0.05) is 19.6 Å². The van der Waals surface area contributed by atoms with Crippen molar-refractivity contribution in [2.75, 3.05) is 30.9 Å². The predicted octanol–water partition coefficient (Wildman–Crippen LogP) is 0.0121. The summed E-state index contributed by atoms with van der Waals surface area (Å²) in [6.45, 7) is 2.60. The average Bonchev–Trinajstić information content (AvgIpc) is 2.46. The van der Waals surface area contributed by atoms with E-state index in [-0.39, 0.29) is 23.9 Å². The maximum Gasteiger partial charge on any atom is 0.322 e. The Morgan fingerprint density at radius 3 is 2.75 bits per heavy atom. The van der Waals surface area contributed by atoms with Gasteiger partial charge in [-0.05, 0) is 19.8 Å². The molecule has 8 heteroatoms. The molecule has 0 spiro atoms. The van der Waals surface area contributed by atoms with Crippen molar-refractivity contribution in [3.8, 4) is 6.01 Å². The quantitative estimate of drug-likeness (QED) is 0.800. The van der Waals surface area contributed by atoms with Gasteiger partial charge in [-0.1, -0.05) is 0 Å². The van der Waals surface area contributed by atoms with Crippen LogP contribution in [-0.2, 0) is 4.79 Å². The number of nitrogens with two attached hydrogens (primary N) is 1. The largest absolute Gasteiger partial charge is 0.467 e. The van der Waals surface area contributed by atoms with Gasteiger partial charge in [-0.25, -0.2) is 0 Å². The zero-order valence-electron chi connectivity index (χ0n) is 12.0. The smallest absolute Gasteiger partial charge is 0.322 e. The lowest BCUT2D eigenvalue weighted by Crippen LogP contribution is -2.46.